The van der Waals surface area contributed by atoms with Crippen molar-refractivity contribution in [1.29, 1.82) is 0 Å². The maximum Gasteiger partial charge on any atom is 0.357 e. The topological polar surface area (TPSA) is 129 Å². The van der Waals surface area contributed by atoms with Gasteiger partial charge in [0.1, 0.15) is 0 Å². The fraction of sp³-hybridized carbons (Fsp3) is 0.222. The molecule has 0 spiro atoms. The number of rotatable bonds is 5. The van der Waals surface area contributed by atoms with Crippen molar-refractivity contribution in [3.8, 4) is 22.6 Å². The molecule has 3 N–H and O–H groups in total. The highest BCUT2D eigenvalue weighted by Crippen LogP contribution is 2.34. The summed E-state index contributed by atoms with van der Waals surface area (Å²) in [7, 11) is 3.03. The summed E-state index contributed by atoms with van der Waals surface area (Å²) in [4.78, 5) is 35.3. The van der Waals surface area contributed by atoms with Gasteiger partial charge in [-0.25, -0.2) is 9.78 Å². The molecule has 3 rings (SSSR count). The first kappa shape index (κ1) is 18.2. The van der Waals surface area contributed by atoms with E-state index in [1.54, 1.807) is 25.1 Å². The van der Waals surface area contributed by atoms with Gasteiger partial charge in [-0.15, -0.1) is 0 Å². The Morgan fingerprint density at radius 3 is 2.56 bits per heavy atom. The molecule has 0 bridgehead atoms. The number of nitrogen functional groups attached to an aromatic ring is 1. The number of pyridine rings is 1. The van der Waals surface area contributed by atoms with Crippen molar-refractivity contribution in [3.63, 3.8) is 0 Å². The molecule has 3 aromatic rings. The minimum absolute atomic E-state index is 0.0200. The number of aromatic nitrogens is 3. The zero-order valence-corrected chi connectivity index (χ0v) is 15.0. The largest absolute Gasteiger partial charge is 0.493 e. The third-order valence-corrected chi connectivity index (χ3v) is 3.87. The molecule has 140 valence electrons. The van der Waals surface area contributed by atoms with Crippen LogP contribution in [0.15, 0.2) is 29.1 Å². The molecule has 0 aliphatic carbocycles. The Hall–Kier alpha value is -3.62. The summed E-state index contributed by atoms with van der Waals surface area (Å²) in [6.07, 6.45) is 0. The Bertz CT molecular complexity index is 1080. The fourth-order valence-corrected chi connectivity index (χ4v) is 2.70. The van der Waals surface area contributed by atoms with Crippen LogP contribution >= 0.6 is 0 Å². The van der Waals surface area contributed by atoms with Crippen LogP contribution < -0.4 is 20.8 Å². The van der Waals surface area contributed by atoms with E-state index in [9.17, 15) is 9.59 Å². The van der Waals surface area contributed by atoms with Gasteiger partial charge in [0.25, 0.3) is 5.56 Å². The van der Waals surface area contributed by atoms with Crippen LogP contribution in [0.3, 0.4) is 0 Å². The molecular formula is C18H18N4O5. The first-order chi connectivity index (χ1) is 13.0. The predicted molar refractivity (Wildman–Crippen MR) is 99.1 cm³/mol. The van der Waals surface area contributed by atoms with Crippen LogP contribution in [0, 0.1) is 0 Å². The molecule has 0 radical (unpaired) electrons. The van der Waals surface area contributed by atoms with Crippen LogP contribution in [0.1, 0.15) is 17.4 Å². The number of H-pyrrole nitrogens is 1. The second-order valence-electron chi connectivity index (χ2n) is 5.50. The van der Waals surface area contributed by atoms with Crippen LogP contribution in [-0.4, -0.2) is 41.7 Å². The van der Waals surface area contributed by atoms with Gasteiger partial charge < -0.3 is 19.9 Å². The molecule has 27 heavy (non-hydrogen) atoms. The van der Waals surface area contributed by atoms with Gasteiger partial charge in [-0.05, 0) is 30.7 Å². The number of esters is 1. The highest BCUT2D eigenvalue weighted by atomic mass is 16.5. The van der Waals surface area contributed by atoms with Gasteiger partial charge in [0.15, 0.2) is 22.8 Å². The van der Waals surface area contributed by atoms with Crippen molar-refractivity contribution in [2.45, 2.75) is 6.92 Å². The number of benzene rings is 1. The zero-order valence-electron chi connectivity index (χ0n) is 15.0. The summed E-state index contributed by atoms with van der Waals surface area (Å²) in [6.45, 7) is 1.88. The lowest BCUT2D eigenvalue weighted by atomic mass is 10.0. The molecule has 9 heteroatoms. The summed E-state index contributed by atoms with van der Waals surface area (Å²) in [5, 5.41) is 0.199. The SMILES string of the molecule is CCOC(=O)c1cc(-c2ccc(OC)c(OC)c2)c2c(=O)[nH]c(N)nc2n1. The van der Waals surface area contributed by atoms with Crippen LogP contribution in [0.2, 0.25) is 0 Å². The number of carbonyl (C=O) groups excluding carboxylic acids is 1. The average molecular weight is 370 g/mol. The lowest BCUT2D eigenvalue weighted by Gasteiger charge is -2.12. The van der Waals surface area contributed by atoms with E-state index in [1.807, 2.05) is 0 Å². The van der Waals surface area contributed by atoms with Crippen LogP contribution in [0.5, 0.6) is 11.5 Å². The molecule has 2 aromatic heterocycles. The van der Waals surface area contributed by atoms with E-state index >= 15 is 0 Å². The van der Waals surface area contributed by atoms with Gasteiger partial charge >= 0.3 is 5.97 Å². The van der Waals surface area contributed by atoms with E-state index in [4.69, 9.17) is 19.9 Å². The van der Waals surface area contributed by atoms with Gasteiger partial charge in [-0.1, -0.05) is 6.07 Å². The number of nitrogens with zero attached hydrogens (tertiary/aromatic N) is 2. The molecular weight excluding hydrogens is 352 g/mol. The normalized spacial score (nSPS) is 10.6. The number of nitrogens with one attached hydrogen (secondary N) is 1. The molecule has 1 aromatic carbocycles. The molecule has 0 atom stereocenters. The second-order valence-corrected chi connectivity index (χ2v) is 5.50. The smallest absolute Gasteiger partial charge is 0.357 e. The van der Waals surface area contributed by atoms with Crippen molar-refractivity contribution in [2.75, 3.05) is 26.6 Å². The Morgan fingerprint density at radius 1 is 1.15 bits per heavy atom. The number of nitrogens with two attached hydrogens (primary N) is 1. The van der Waals surface area contributed by atoms with Gasteiger partial charge in [0.2, 0.25) is 5.95 Å². The molecule has 0 unspecified atom stereocenters. The van der Waals surface area contributed by atoms with E-state index in [0.717, 1.165) is 0 Å². The maximum atomic E-state index is 12.5. The zero-order chi connectivity index (χ0) is 19.6. The lowest BCUT2D eigenvalue weighted by Crippen LogP contribution is -2.15. The van der Waals surface area contributed by atoms with E-state index in [1.165, 1.54) is 20.3 Å². The lowest BCUT2D eigenvalue weighted by molar-refractivity contribution is 0.0520. The Balaban J connectivity index is 2.33. The van der Waals surface area contributed by atoms with Gasteiger partial charge in [-0.2, -0.15) is 4.98 Å². The minimum atomic E-state index is -0.623. The molecule has 2 heterocycles. The van der Waals surface area contributed by atoms with Crippen molar-refractivity contribution in [1.82, 2.24) is 15.0 Å². The first-order valence-corrected chi connectivity index (χ1v) is 8.08. The average Bonchev–Trinajstić information content (AvgIpc) is 2.66. The molecule has 0 saturated carbocycles. The highest BCUT2D eigenvalue weighted by molar-refractivity contribution is 5.98. The summed E-state index contributed by atoms with van der Waals surface area (Å²) in [5.41, 5.74) is 6.28. The molecule has 0 fully saturated rings. The van der Waals surface area contributed by atoms with Crippen LogP contribution in [-0.2, 0) is 4.74 Å². The van der Waals surface area contributed by atoms with E-state index < -0.39 is 11.5 Å². The van der Waals surface area contributed by atoms with Crippen molar-refractivity contribution < 1.29 is 19.0 Å². The van der Waals surface area contributed by atoms with Gasteiger partial charge in [0, 0.05) is 5.56 Å². The molecule has 0 aliphatic heterocycles. The molecule has 9 nitrogen and oxygen atoms in total. The Labute approximate surface area is 154 Å². The highest BCUT2D eigenvalue weighted by Gasteiger charge is 2.19. The van der Waals surface area contributed by atoms with Crippen molar-refractivity contribution in [3.05, 3.63) is 40.3 Å². The minimum Gasteiger partial charge on any atom is -0.493 e. The van der Waals surface area contributed by atoms with E-state index in [2.05, 4.69) is 15.0 Å². The number of hydrogen-bond donors (Lipinski definition) is 2. The quantitative estimate of drug-likeness (QED) is 0.650. The predicted octanol–water partition coefficient (Wildman–Crippen LogP) is 1.76. The summed E-state index contributed by atoms with van der Waals surface area (Å²) >= 11 is 0. The van der Waals surface area contributed by atoms with Crippen LogP contribution in [0.25, 0.3) is 22.2 Å². The number of fused-ring (bicyclic) bond motifs is 1. The van der Waals surface area contributed by atoms with Crippen molar-refractivity contribution in [2.24, 2.45) is 0 Å². The number of hydrogen-bond acceptors (Lipinski definition) is 8. The molecule has 0 aliphatic rings. The maximum absolute atomic E-state index is 12.5. The summed E-state index contributed by atoms with van der Waals surface area (Å²) < 4.78 is 15.6. The van der Waals surface area contributed by atoms with E-state index in [0.29, 0.717) is 22.6 Å². The Morgan fingerprint density at radius 2 is 1.89 bits per heavy atom. The number of anilines is 1. The molecule has 0 saturated heterocycles. The second kappa shape index (κ2) is 7.32. The van der Waals surface area contributed by atoms with Gasteiger partial charge in [-0.3, -0.25) is 9.78 Å². The van der Waals surface area contributed by atoms with Gasteiger partial charge in [0.05, 0.1) is 26.2 Å². The van der Waals surface area contributed by atoms with Crippen molar-refractivity contribution >= 4 is 23.0 Å². The molecule has 0 amide bonds. The number of methoxy groups -OCH3 is 2. The Kier molecular flexibility index (Phi) is 4.93. The number of carbonyl (C=O) groups is 1. The number of aromatic amines is 1. The third-order valence-electron chi connectivity index (χ3n) is 3.87. The number of ether oxygens (including phenoxy) is 3. The fourth-order valence-electron chi connectivity index (χ4n) is 2.70. The monoisotopic (exact) mass is 370 g/mol. The standard InChI is InChI=1S/C18H18N4O5/c1-4-27-17(24)11-8-10(9-5-6-12(25-2)13(7-9)26-3)14-15(20-11)21-18(19)22-16(14)23/h5-8H,4H2,1-3H3,(H3,19,20,21,22,23). The summed E-state index contributed by atoms with van der Waals surface area (Å²) in [5.74, 6) is 0.278. The van der Waals surface area contributed by atoms with Crippen LogP contribution in [0.4, 0.5) is 5.95 Å². The summed E-state index contributed by atoms with van der Waals surface area (Å²) in [6, 6.07) is 6.61. The third kappa shape index (κ3) is 3.39. The first-order valence-electron chi connectivity index (χ1n) is 8.08. The van der Waals surface area contributed by atoms with E-state index in [-0.39, 0.29) is 29.3 Å².